The predicted octanol–water partition coefficient (Wildman–Crippen LogP) is 2.24. The number of carbonyl (C=O) groups is 1. The summed E-state index contributed by atoms with van der Waals surface area (Å²) in [6, 6.07) is 3.97. The zero-order valence-electron chi connectivity index (χ0n) is 10.5. The lowest BCUT2D eigenvalue weighted by Gasteiger charge is -2.16. The molecule has 0 atom stereocenters. The van der Waals surface area contributed by atoms with Crippen molar-refractivity contribution in [2.45, 2.75) is 6.54 Å². The molecule has 0 bridgehead atoms. The average molecular weight is 295 g/mol. The van der Waals surface area contributed by atoms with Gasteiger partial charge in [-0.1, -0.05) is 11.6 Å². The van der Waals surface area contributed by atoms with Crippen molar-refractivity contribution in [1.82, 2.24) is 15.1 Å². The molecule has 7 nitrogen and oxygen atoms in total. The van der Waals surface area contributed by atoms with Crippen LogP contribution in [0.1, 0.15) is 15.9 Å². The van der Waals surface area contributed by atoms with Gasteiger partial charge in [0.2, 0.25) is 0 Å². The Kier molecular flexibility index (Phi) is 3.99. The van der Waals surface area contributed by atoms with Gasteiger partial charge < -0.3 is 4.90 Å². The van der Waals surface area contributed by atoms with Crippen LogP contribution in [0.25, 0.3) is 0 Å². The Bertz CT molecular complexity index is 642. The normalized spacial score (nSPS) is 10.3. The summed E-state index contributed by atoms with van der Waals surface area (Å²) in [7, 11) is 1.56. The minimum absolute atomic E-state index is 0.00500. The molecule has 1 aromatic heterocycles. The first-order valence-corrected chi connectivity index (χ1v) is 6.04. The Morgan fingerprint density at radius 2 is 2.30 bits per heavy atom. The van der Waals surface area contributed by atoms with Gasteiger partial charge in [-0.25, -0.2) is 0 Å². The molecule has 0 saturated carbocycles. The number of carbonyl (C=O) groups excluding carboxylic acids is 1. The second-order valence-electron chi connectivity index (χ2n) is 4.19. The van der Waals surface area contributed by atoms with E-state index in [2.05, 4.69) is 10.2 Å². The Hall–Kier alpha value is -2.41. The fourth-order valence-electron chi connectivity index (χ4n) is 1.75. The highest BCUT2D eigenvalue weighted by atomic mass is 35.5. The maximum absolute atomic E-state index is 12.3. The van der Waals surface area contributed by atoms with E-state index in [0.29, 0.717) is 6.54 Å². The van der Waals surface area contributed by atoms with E-state index in [-0.39, 0.29) is 16.3 Å². The monoisotopic (exact) mass is 294 g/mol. The molecule has 0 unspecified atom stereocenters. The van der Waals surface area contributed by atoms with Crippen LogP contribution in [0.2, 0.25) is 5.02 Å². The molecule has 1 aromatic carbocycles. The van der Waals surface area contributed by atoms with Gasteiger partial charge in [0, 0.05) is 36.4 Å². The Morgan fingerprint density at radius 1 is 1.55 bits per heavy atom. The molecular formula is C12H11ClN4O3. The Balaban J connectivity index is 2.26. The number of hydrogen-bond acceptors (Lipinski definition) is 4. The number of nitro benzene ring substituents is 1. The van der Waals surface area contributed by atoms with Gasteiger partial charge in [0.1, 0.15) is 5.56 Å². The highest BCUT2D eigenvalue weighted by molar-refractivity contribution is 6.31. The van der Waals surface area contributed by atoms with Crippen molar-refractivity contribution >= 4 is 23.2 Å². The fourth-order valence-corrected chi connectivity index (χ4v) is 1.92. The molecule has 2 rings (SSSR count). The zero-order valence-corrected chi connectivity index (χ0v) is 11.3. The maximum atomic E-state index is 12.3. The van der Waals surface area contributed by atoms with Crippen LogP contribution in [0.5, 0.6) is 0 Å². The van der Waals surface area contributed by atoms with Gasteiger partial charge >= 0.3 is 0 Å². The maximum Gasteiger partial charge on any atom is 0.283 e. The molecule has 1 heterocycles. The quantitative estimate of drug-likeness (QED) is 0.691. The third-order valence-electron chi connectivity index (χ3n) is 2.71. The number of hydrogen-bond donors (Lipinski definition) is 1. The topological polar surface area (TPSA) is 92.1 Å². The second kappa shape index (κ2) is 5.70. The zero-order chi connectivity index (χ0) is 14.7. The van der Waals surface area contributed by atoms with Crippen molar-refractivity contribution < 1.29 is 9.72 Å². The minimum atomic E-state index is -0.620. The van der Waals surface area contributed by atoms with Crippen LogP contribution in [0.15, 0.2) is 30.6 Å². The molecule has 2 aromatic rings. The van der Waals surface area contributed by atoms with E-state index in [0.717, 1.165) is 5.56 Å². The van der Waals surface area contributed by atoms with Gasteiger partial charge in [-0.3, -0.25) is 20.0 Å². The van der Waals surface area contributed by atoms with E-state index in [1.54, 1.807) is 19.4 Å². The Morgan fingerprint density at radius 3 is 2.90 bits per heavy atom. The number of nitrogens with one attached hydrogen (secondary N) is 1. The lowest BCUT2D eigenvalue weighted by molar-refractivity contribution is -0.385. The number of benzene rings is 1. The van der Waals surface area contributed by atoms with Crippen molar-refractivity contribution in [3.05, 3.63) is 56.9 Å². The van der Waals surface area contributed by atoms with Crippen molar-refractivity contribution in [2.24, 2.45) is 0 Å². The summed E-state index contributed by atoms with van der Waals surface area (Å²) in [5, 5.41) is 17.6. The molecule has 0 aliphatic carbocycles. The second-order valence-corrected chi connectivity index (χ2v) is 4.62. The molecule has 0 fully saturated rings. The van der Waals surface area contributed by atoms with E-state index < -0.39 is 10.8 Å². The van der Waals surface area contributed by atoms with Gasteiger partial charge in [0.25, 0.3) is 11.6 Å². The minimum Gasteiger partial charge on any atom is -0.337 e. The first-order chi connectivity index (χ1) is 9.49. The largest absolute Gasteiger partial charge is 0.337 e. The van der Waals surface area contributed by atoms with Crippen molar-refractivity contribution in [2.75, 3.05) is 7.05 Å². The average Bonchev–Trinajstić information content (AvgIpc) is 2.90. The standard InChI is InChI=1S/C12H11ClN4O3/c1-16(7-8-5-14-15-6-8)12(18)10-3-2-9(13)4-11(10)17(19)20/h2-6H,7H2,1H3,(H,14,15). The number of amides is 1. The van der Waals surface area contributed by atoms with Crippen molar-refractivity contribution in [3.8, 4) is 0 Å². The number of rotatable bonds is 4. The summed E-state index contributed by atoms with van der Waals surface area (Å²) in [5.74, 6) is -0.449. The Labute approximate surface area is 119 Å². The third-order valence-corrected chi connectivity index (χ3v) is 2.94. The van der Waals surface area contributed by atoms with Crippen LogP contribution in [0.4, 0.5) is 5.69 Å². The molecule has 20 heavy (non-hydrogen) atoms. The molecule has 1 amide bonds. The summed E-state index contributed by atoms with van der Waals surface area (Å²) < 4.78 is 0. The molecular weight excluding hydrogens is 284 g/mol. The molecule has 1 N–H and O–H groups in total. The molecule has 104 valence electrons. The number of H-pyrrole nitrogens is 1. The van der Waals surface area contributed by atoms with Gasteiger partial charge in [0.05, 0.1) is 11.1 Å². The van der Waals surface area contributed by atoms with E-state index in [4.69, 9.17) is 11.6 Å². The van der Waals surface area contributed by atoms with Crippen molar-refractivity contribution in [1.29, 1.82) is 0 Å². The van der Waals surface area contributed by atoms with Gasteiger partial charge in [0.15, 0.2) is 0 Å². The van der Waals surface area contributed by atoms with Crippen LogP contribution >= 0.6 is 11.6 Å². The third kappa shape index (κ3) is 2.94. The number of nitrogens with zero attached hydrogens (tertiary/aromatic N) is 3. The fraction of sp³-hybridized carbons (Fsp3) is 0.167. The van der Waals surface area contributed by atoms with Gasteiger partial charge in [-0.15, -0.1) is 0 Å². The smallest absolute Gasteiger partial charge is 0.283 e. The first-order valence-electron chi connectivity index (χ1n) is 5.66. The molecule has 0 aliphatic heterocycles. The van der Waals surface area contributed by atoms with Gasteiger partial charge in [-0.2, -0.15) is 5.10 Å². The molecule has 8 heteroatoms. The van der Waals surface area contributed by atoms with E-state index in [1.807, 2.05) is 0 Å². The number of halogens is 1. The summed E-state index contributed by atoms with van der Waals surface area (Å²) in [4.78, 5) is 24.0. The van der Waals surface area contributed by atoms with Gasteiger partial charge in [-0.05, 0) is 12.1 Å². The van der Waals surface area contributed by atoms with Crippen LogP contribution in [-0.2, 0) is 6.54 Å². The molecule has 0 radical (unpaired) electrons. The summed E-state index contributed by atoms with van der Waals surface area (Å²) >= 11 is 5.72. The van der Waals surface area contributed by atoms with Crippen LogP contribution in [0, 0.1) is 10.1 Å². The number of aromatic nitrogens is 2. The molecule has 0 spiro atoms. The van der Waals surface area contributed by atoms with Crippen LogP contribution < -0.4 is 0 Å². The predicted molar refractivity (Wildman–Crippen MR) is 72.5 cm³/mol. The van der Waals surface area contributed by atoms with Crippen LogP contribution in [-0.4, -0.2) is 33.0 Å². The van der Waals surface area contributed by atoms with Crippen LogP contribution in [0.3, 0.4) is 0 Å². The summed E-state index contributed by atoms with van der Waals surface area (Å²) in [5.41, 5.74) is 0.504. The van der Waals surface area contributed by atoms with E-state index >= 15 is 0 Å². The SMILES string of the molecule is CN(Cc1cn[nH]c1)C(=O)c1ccc(Cl)cc1[N+](=O)[O-]. The first kappa shape index (κ1) is 14.0. The highest BCUT2D eigenvalue weighted by Gasteiger charge is 2.23. The number of nitro groups is 1. The number of aromatic amines is 1. The lowest BCUT2D eigenvalue weighted by Crippen LogP contribution is -2.26. The summed E-state index contributed by atoms with van der Waals surface area (Å²) in [6.45, 7) is 0.301. The lowest BCUT2D eigenvalue weighted by atomic mass is 10.1. The van der Waals surface area contributed by atoms with E-state index in [1.165, 1.54) is 23.1 Å². The highest BCUT2D eigenvalue weighted by Crippen LogP contribution is 2.24. The molecule has 0 saturated heterocycles. The molecule has 0 aliphatic rings. The van der Waals surface area contributed by atoms with Crippen molar-refractivity contribution in [3.63, 3.8) is 0 Å². The van der Waals surface area contributed by atoms with E-state index in [9.17, 15) is 14.9 Å². The summed E-state index contributed by atoms with van der Waals surface area (Å²) in [6.07, 6.45) is 3.24.